The highest BCUT2D eigenvalue weighted by molar-refractivity contribution is 5.92. The van der Waals surface area contributed by atoms with Crippen molar-refractivity contribution in [3.63, 3.8) is 0 Å². The first kappa shape index (κ1) is 20.8. The maximum absolute atomic E-state index is 5.96. The Bertz CT molecular complexity index is 1360. The fraction of sp³-hybridized carbons (Fsp3) is 0.286. The van der Waals surface area contributed by atoms with Gasteiger partial charge in [-0.3, -0.25) is 0 Å². The first-order chi connectivity index (χ1) is 16.8. The predicted octanol–water partition coefficient (Wildman–Crippen LogP) is 4.90. The third-order valence-corrected chi connectivity index (χ3v) is 6.53. The molecule has 1 aliphatic carbocycles. The molecule has 0 atom stereocenters. The van der Waals surface area contributed by atoms with E-state index in [4.69, 9.17) is 20.9 Å². The molecule has 170 valence electrons. The molecule has 1 saturated heterocycles. The van der Waals surface area contributed by atoms with Gasteiger partial charge in [0.2, 0.25) is 0 Å². The van der Waals surface area contributed by atoms with E-state index in [1.165, 1.54) is 18.5 Å². The SMILES string of the molecule is C#Cc1cc(-c2ccnc3nc(-c4ccc(N5CCOCC5)cc4)[nH]c23)ccc1OCC1CC1. The number of hydrogen-bond donors (Lipinski definition) is 1. The van der Waals surface area contributed by atoms with Gasteiger partial charge in [-0.2, -0.15) is 0 Å². The molecule has 0 spiro atoms. The minimum atomic E-state index is 0.677. The molecule has 0 amide bonds. The van der Waals surface area contributed by atoms with Crippen LogP contribution in [0.4, 0.5) is 5.69 Å². The summed E-state index contributed by atoms with van der Waals surface area (Å²) in [5.41, 5.74) is 6.59. The van der Waals surface area contributed by atoms with Gasteiger partial charge in [-0.1, -0.05) is 12.0 Å². The Kier molecular flexibility index (Phi) is 5.40. The molecule has 3 heterocycles. The largest absolute Gasteiger partial charge is 0.492 e. The number of anilines is 1. The molecule has 34 heavy (non-hydrogen) atoms. The van der Waals surface area contributed by atoms with Crippen LogP contribution >= 0.6 is 0 Å². The summed E-state index contributed by atoms with van der Waals surface area (Å²) in [5, 5.41) is 0. The highest BCUT2D eigenvalue weighted by Crippen LogP contribution is 2.34. The molecule has 1 aliphatic heterocycles. The summed E-state index contributed by atoms with van der Waals surface area (Å²) >= 11 is 0. The van der Waals surface area contributed by atoms with E-state index in [0.29, 0.717) is 11.6 Å². The van der Waals surface area contributed by atoms with Crippen LogP contribution in [0.2, 0.25) is 0 Å². The molecule has 6 heteroatoms. The number of nitrogens with zero attached hydrogens (tertiary/aromatic N) is 3. The highest BCUT2D eigenvalue weighted by Gasteiger charge is 2.22. The van der Waals surface area contributed by atoms with Gasteiger partial charge in [-0.15, -0.1) is 6.42 Å². The van der Waals surface area contributed by atoms with Gasteiger partial charge >= 0.3 is 0 Å². The molecule has 4 aromatic rings. The van der Waals surface area contributed by atoms with E-state index < -0.39 is 0 Å². The molecule has 0 bridgehead atoms. The first-order valence-corrected chi connectivity index (χ1v) is 11.8. The topological polar surface area (TPSA) is 63.3 Å². The van der Waals surface area contributed by atoms with Crippen LogP contribution < -0.4 is 9.64 Å². The van der Waals surface area contributed by atoms with Crippen molar-refractivity contribution in [3.8, 4) is 40.6 Å². The molecule has 2 aliphatic rings. The quantitative estimate of drug-likeness (QED) is 0.424. The summed E-state index contributed by atoms with van der Waals surface area (Å²) in [4.78, 5) is 15.1. The number of nitrogens with one attached hydrogen (secondary N) is 1. The standard InChI is InChI=1S/C28H26N4O2/c1-2-20-17-22(7-10-25(20)34-18-19-3-4-19)24-11-12-29-28-26(24)30-27(31-28)21-5-8-23(9-6-21)32-13-15-33-16-14-32/h1,5-12,17,19H,3-4,13-16,18H2,(H,29,30,31). The molecular formula is C28H26N4O2. The second-order valence-corrected chi connectivity index (χ2v) is 8.90. The van der Waals surface area contributed by atoms with Gasteiger partial charge in [0, 0.05) is 36.1 Å². The van der Waals surface area contributed by atoms with E-state index in [9.17, 15) is 0 Å². The number of imidazole rings is 1. The maximum Gasteiger partial charge on any atom is 0.178 e. The van der Waals surface area contributed by atoms with Gasteiger partial charge in [-0.25, -0.2) is 9.97 Å². The summed E-state index contributed by atoms with van der Waals surface area (Å²) in [7, 11) is 0. The minimum absolute atomic E-state index is 0.677. The van der Waals surface area contributed by atoms with E-state index in [2.05, 4.69) is 51.1 Å². The second kappa shape index (κ2) is 8.85. The van der Waals surface area contributed by atoms with Crippen molar-refractivity contribution in [1.82, 2.24) is 15.0 Å². The number of ether oxygens (including phenoxy) is 2. The zero-order chi connectivity index (χ0) is 22.9. The average molecular weight is 451 g/mol. The third-order valence-electron chi connectivity index (χ3n) is 6.53. The maximum atomic E-state index is 5.96. The van der Waals surface area contributed by atoms with Crippen LogP contribution in [0.15, 0.2) is 54.7 Å². The predicted molar refractivity (Wildman–Crippen MR) is 134 cm³/mol. The number of H-pyrrole nitrogens is 1. The van der Waals surface area contributed by atoms with E-state index in [0.717, 1.165) is 72.3 Å². The zero-order valence-electron chi connectivity index (χ0n) is 19.0. The molecular weight excluding hydrogens is 424 g/mol. The molecule has 2 aromatic heterocycles. The first-order valence-electron chi connectivity index (χ1n) is 11.8. The number of aromatic amines is 1. The molecule has 2 fully saturated rings. The Morgan fingerprint density at radius 2 is 1.85 bits per heavy atom. The van der Waals surface area contributed by atoms with Gasteiger partial charge in [0.15, 0.2) is 5.65 Å². The highest BCUT2D eigenvalue weighted by atomic mass is 16.5. The summed E-state index contributed by atoms with van der Waals surface area (Å²) in [5.74, 6) is 5.03. The summed E-state index contributed by atoms with van der Waals surface area (Å²) in [6, 6.07) is 16.5. The monoisotopic (exact) mass is 450 g/mol. The van der Waals surface area contributed by atoms with E-state index >= 15 is 0 Å². The van der Waals surface area contributed by atoms with Crippen LogP contribution in [0.1, 0.15) is 18.4 Å². The minimum Gasteiger partial charge on any atom is -0.492 e. The normalized spacial score (nSPS) is 15.9. The molecule has 1 N–H and O–H groups in total. The summed E-state index contributed by atoms with van der Waals surface area (Å²) in [6.45, 7) is 4.12. The number of aromatic nitrogens is 3. The van der Waals surface area contributed by atoms with Gasteiger partial charge in [0.25, 0.3) is 0 Å². The zero-order valence-corrected chi connectivity index (χ0v) is 19.0. The van der Waals surface area contributed by atoms with Crippen molar-refractivity contribution < 1.29 is 9.47 Å². The number of fused-ring (bicyclic) bond motifs is 1. The lowest BCUT2D eigenvalue weighted by Gasteiger charge is -2.28. The van der Waals surface area contributed by atoms with Gasteiger partial charge in [0.1, 0.15) is 11.6 Å². The Morgan fingerprint density at radius 1 is 1.06 bits per heavy atom. The van der Waals surface area contributed by atoms with Crippen LogP contribution in [-0.2, 0) is 4.74 Å². The van der Waals surface area contributed by atoms with Crippen LogP contribution in [0, 0.1) is 18.3 Å². The van der Waals surface area contributed by atoms with Crippen LogP contribution in [-0.4, -0.2) is 47.9 Å². The van der Waals surface area contributed by atoms with Gasteiger partial charge < -0.3 is 19.4 Å². The van der Waals surface area contributed by atoms with Crippen molar-refractivity contribution in [3.05, 3.63) is 60.3 Å². The number of hydrogen-bond acceptors (Lipinski definition) is 5. The molecule has 0 radical (unpaired) electrons. The van der Waals surface area contributed by atoms with E-state index in [1.54, 1.807) is 6.20 Å². The summed E-state index contributed by atoms with van der Waals surface area (Å²) in [6.07, 6.45) is 10.1. The Labute approximate surface area is 198 Å². The van der Waals surface area contributed by atoms with Crippen molar-refractivity contribution in [2.75, 3.05) is 37.8 Å². The molecule has 6 nitrogen and oxygen atoms in total. The molecule has 0 unspecified atom stereocenters. The van der Waals surface area contributed by atoms with Crippen molar-refractivity contribution >= 4 is 16.9 Å². The molecule has 2 aromatic carbocycles. The van der Waals surface area contributed by atoms with Crippen molar-refractivity contribution in [2.45, 2.75) is 12.8 Å². The lowest BCUT2D eigenvalue weighted by atomic mass is 10.0. The summed E-state index contributed by atoms with van der Waals surface area (Å²) < 4.78 is 11.4. The number of terminal acetylenes is 1. The van der Waals surface area contributed by atoms with Gasteiger partial charge in [-0.05, 0) is 66.8 Å². The number of benzene rings is 2. The van der Waals surface area contributed by atoms with Gasteiger partial charge in [0.05, 0.1) is 30.9 Å². The lowest BCUT2D eigenvalue weighted by molar-refractivity contribution is 0.122. The average Bonchev–Trinajstić information content (AvgIpc) is 3.63. The lowest BCUT2D eigenvalue weighted by Crippen LogP contribution is -2.36. The van der Waals surface area contributed by atoms with Crippen LogP contribution in [0.25, 0.3) is 33.7 Å². The van der Waals surface area contributed by atoms with Crippen LogP contribution in [0.3, 0.4) is 0 Å². The number of rotatable bonds is 6. The number of morpholine rings is 1. The fourth-order valence-corrected chi connectivity index (χ4v) is 4.37. The van der Waals surface area contributed by atoms with Crippen molar-refractivity contribution in [1.29, 1.82) is 0 Å². The van der Waals surface area contributed by atoms with E-state index in [1.807, 2.05) is 18.2 Å². The van der Waals surface area contributed by atoms with Crippen LogP contribution in [0.5, 0.6) is 5.75 Å². The number of pyridine rings is 1. The Balaban J connectivity index is 1.30. The van der Waals surface area contributed by atoms with E-state index in [-0.39, 0.29) is 0 Å². The molecule has 6 rings (SSSR count). The van der Waals surface area contributed by atoms with Crippen molar-refractivity contribution in [2.24, 2.45) is 5.92 Å². The third kappa shape index (κ3) is 4.11. The fourth-order valence-electron chi connectivity index (χ4n) is 4.37. The Morgan fingerprint density at radius 3 is 2.62 bits per heavy atom. The molecule has 1 saturated carbocycles. The Hall–Kier alpha value is -3.82. The second-order valence-electron chi connectivity index (χ2n) is 8.90. The smallest absolute Gasteiger partial charge is 0.178 e.